The Bertz CT molecular complexity index is 3300. The van der Waals surface area contributed by atoms with Crippen molar-refractivity contribution < 1.29 is 52.7 Å². The van der Waals surface area contributed by atoms with Gasteiger partial charge in [-0.25, -0.2) is 40.9 Å². The predicted octanol–water partition coefficient (Wildman–Crippen LogP) is 7.49. The molecule has 1 fully saturated rings. The Labute approximate surface area is 364 Å². The van der Waals surface area contributed by atoms with Crippen molar-refractivity contribution >= 4 is 55.2 Å². The van der Waals surface area contributed by atoms with Crippen LogP contribution < -0.4 is 15.6 Å². The van der Waals surface area contributed by atoms with E-state index in [9.17, 15) is 48.7 Å². The highest BCUT2D eigenvalue weighted by atomic mass is 35.5. The molecule has 7 aromatic rings. The zero-order valence-electron chi connectivity index (χ0n) is 33.1. The summed E-state index contributed by atoms with van der Waals surface area (Å²) in [5.74, 6) is -9.76. The molecular weight excluding hydrogens is 923 g/mol. The minimum atomic E-state index is -4.87. The van der Waals surface area contributed by atoms with E-state index < -0.39 is 105 Å². The molecule has 0 saturated heterocycles. The highest BCUT2D eigenvalue weighted by Gasteiger charge is 2.67. The number of fused-ring (bicyclic) bond motifs is 5. The van der Waals surface area contributed by atoms with E-state index in [0.717, 1.165) is 23.0 Å². The third kappa shape index (κ3) is 7.80. The fraction of sp³-hybridized carbons (Fsp3) is 0.275. The molecule has 2 aliphatic carbocycles. The van der Waals surface area contributed by atoms with E-state index >= 15 is 8.78 Å². The SMILES string of the molecule is Cn1nc(NS(C)(=O)=O)c2c(Cl)ccc(-n3c([C@H](Cc4cc(F)cc(F)c4)NC(=O)Cn4nc(C(F)F)c5c4C(F)(F)[C@@H]4C[C@H]54)nc4cc(-c5cc(C(F)(F)F)ncn5)ccc4c3=O)c21. The van der Waals surface area contributed by atoms with Gasteiger partial charge < -0.3 is 5.32 Å². The second kappa shape index (κ2) is 15.3. The van der Waals surface area contributed by atoms with Gasteiger partial charge in [0.15, 0.2) is 5.82 Å². The maximum absolute atomic E-state index is 15.5. The number of hydrogen-bond acceptors (Lipinski definition) is 9. The summed E-state index contributed by atoms with van der Waals surface area (Å²) in [5.41, 5.74) is -5.05. The molecule has 2 N–H and O–H groups in total. The molecule has 65 heavy (non-hydrogen) atoms. The molecule has 4 heterocycles. The van der Waals surface area contributed by atoms with Crippen LogP contribution in [0.3, 0.4) is 0 Å². The van der Waals surface area contributed by atoms with E-state index in [4.69, 9.17) is 16.6 Å². The molecule has 0 aliphatic heterocycles. The normalized spacial score (nSPS) is 17.1. The molecule has 0 unspecified atom stereocenters. The van der Waals surface area contributed by atoms with Crippen LogP contribution in [0.15, 0.2) is 65.7 Å². The lowest BCUT2D eigenvalue weighted by atomic mass is 10.0. The van der Waals surface area contributed by atoms with Gasteiger partial charge >= 0.3 is 6.18 Å². The maximum atomic E-state index is 15.5. The first kappa shape index (κ1) is 43.7. The van der Waals surface area contributed by atoms with E-state index in [1.807, 2.05) is 0 Å². The summed E-state index contributed by atoms with van der Waals surface area (Å²) in [7, 11) is -2.61. The largest absolute Gasteiger partial charge is 0.433 e. The second-order valence-electron chi connectivity index (χ2n) is 15.5. The van der Waals surface area contributed by atoms with Gasteiger partial charge in [-0.05, 0) is 60.4 Å². The van der Waals surface area contributed by atoms with E-state index in [1.54, 1.807) is 0 Å². The molecule has 3 aromatic carbocycles. The summed E-state index contributed by atoms with van der Waals surface area (Å²) in [4.78, 5) is 41.0. The first-order chi connectivity index (χ1) is 30.5. The van der Waals surface area contributed by atoms with Crippen LogP contribution >= 0.6 is 11.6 Å². The zero-order valence-corrected chi connectivity index (χ0v) is 34.7. The van der Waals surface area contributed by atoms with Crippen LogP contribution in [0, 0.1) is 17.6 Å². The summed E-state index contributed by atoms with van der Waals surface area (Å²) < 4.78 is 159. The van der Waals surface area contributed by atoms with Crippen molar-refractivity contribution in [3.63, 3.8) is 0 Å². The van der Waals surface area contributed by atoms with Gasteiger partial charge in [-0.15, -0.1) is 0 Å². The predicted molar refractivity (Wildman–Crippen MR) is 214 cm³/mol. The van der Waals surface area contributed by atoms with Crippen LogP contribution in [-0.2, 0) is 46.9 Å². The molecular formula is C40H28ClF9N10O4S. The number of nitrogens with one attached hydrogen (secondary N) is 2. The maximum Gasteiger partial charge on any atom is 0.433 e. The summed E-state index contributed by atoms with van der Waals surface area (Å²) in [6.45, 7) is -1.08. The molecule has 3 atom stereocenters. The molecule has 1 amide bonds. The number of carbonyl (C=O) groups is 1. The summed E-state index contributed by atoms with van der Waals surface area (Å²) in [5, 5.41) is 10.2. The number of aromatic nitrogens is 8. The summed E-state index contributed by atoms with van der Waals surface area (Å²) >= 11 is 6.58. The number of rotatable bonds is 11. The number of benzene rings is 3. The van der Waals surface area contributed by atoms with Gasteiger partial charge in [-0.3, -0.25) is 28.2 Å². The third-order valence-corrected chi connectivity index (χ3v) is 11.9. The quantitative estimate of drug-likeness (QED) is 0.125. The molecule has 4 aromatic heterocycles. The molecule has 14 nitrogen and oxygen atoms in total. The number of nitrogens with zero attached hydrogens (tertiary/aromatic N) is 8. The van der Waals surface area contributed by atoms with Crippen LogP contribution in [0.5, 0.6) is 0 Å². The highest BCUT2D eigenvalue weighted by Crippen LogP contribution is 2.68. The topological polar surface area (TPSA) is 172 Å². The lowest BCUT2D eigenvalue weighted by Gasteiger charge is -2.24. The van der Waals surface area contributed by atoms with Crippen molar-refractivity contribution in [3.05, 3.63) is 122 Å². The monoisotopic (exact) mass is 950 g/mol. The van der Waals surface area contributed by atoms with Gasteiger partial charge in [0.1, 0.15) is 47.4 Å². The lowest BCUT2D eigenvalue weighted by molar-refractivity contribution is -0.141. The number of halogens is 10. The van der Waals surface area contributed by atoms with Gasteiger partial charge in [-0.1, -0.05) is 17.7 Å². The molecule has 2 aliphatic rings. The van der Waals surface area contributed by atoms with Crippen molar-refractivity contribution in [2.24, 2.45) is 13.0 Å². The summed E-state index contributed by atoms with van der Waals surface area (Å²) in [6, 6.07) is 7.61. The van der Waals surface area contributed by atoms with Gasteiger partial charge in [0.05, 0.1) is 50.5 Å². The number of aryl methyl sites for hydroxylation is 1. The fourth-order valence-corrected chi connectivity index (χ4v) is 9.15. The zero-order chi connectivity index (χ0) is 46.7. The van der Waals surface area contributed by atoms with Gasteiger partial charge in [0.2, 0.25) is 15.9 Å². The van der Waals surface area contributed by atoms with Gasteiger partial charge in [0, 0.05) is 36.6 Å². The Balaban J connectivity index is 1.26. The van der Waals surface area contributed by atoms with E-state index in [-0.39, 0.29) is 67.1 Å². The van der Waals surface area contributed by atoms with Gasteiger partial charge in [0.25, 0.3) is 17.9 Å². The fourth-order valence-electron chi connectivity index (χ4n) is 8.41. The first-order valence-corrected chi connectivity index (χ1v) is 21.4. The Morgan fingerprint density at radius 3 is 2.42 bits per heavy atom. The Morgan fingerprint density at radius 2 is 1.74 bits per heavy atom. The standard InChI is InChI=1S/C40H28ClF9N10O4S/c1-58-33-27(6-5-23(41)31(33)36(56-58)57-65(2,63)64)60-37(54-25-10-17(3-4-20(25)38(60)62)24-13-28(40(48,49)50)52-15-51-24)26(9-16-7-18(42)11-19(43)8-16)53-29(61)14-59-34-30(32(55-59)35(44)45)21-12-22(21)39(34,46)47/h3-8,10-11,13,15,21-22,26,35H,9,12,14H2,1-2H3,(H,53,61)(H,56,57)/t21-,22+,26-/m0/s1. The molecule has 338 valence electrons. The third-order valence-electron chi connectivity index (χ3n) is 11.1. The van der Waals surface area contributed by atoms with E-state index in [0.29, 0.717) is 23.1 Å². The molecule has 25 heteroatoms. The smallest absolute Gasteiger partial charge is 0.344 e. The number of amides is 1. The van der Waals surface area contributed by atoms with Crippen LogP contribution in [0.2, 0.25) is 5.02 Å². The summed E-state index contributed by atoms with van der Waals surface area (Å²) in [6.07, 6.45) is -7.26. The minimum Gasteiger partial charge on any atom is -0.344 e. The molecule has 0 bridgehead atoms. The Kier molecular flexibility index (Phi) is 10.3. The van der Waals surface area contributed by atoms with E-state index in [2.05, 4.69) is 30.2 Å². The van der Waals surface area contributed by atoms with Crippen molar-refractivity contribution in [3.8, 4) is 16.9 Å². The van der Waals surface area contributed by atoms with Crippen LogP contribution in [-0.4, -0.2) is 59.7 Å². The van der Waals surface area contributed by atoms with Crippen LogP contribution in [0.25, 0.3) is 38.8 Å². The molecule has 1 saturated carbocycles. The number of carbonyl (C=O) groups excluding carboxylic acids is 1. The Morgan fingerprint density at radius 1 is 1.02 bits per heavy atom. The lowest BCUT2D eigenvalue weighted by Crippen LogP contribution is -2.38. The van der Waals surface area contributed by atoms with Gasteiger partial charge in [-0.2, -0.15) is 32.1 Å². The van der Waals surface area contributed by atoms with Crippen molar-refractivity contribution in [2.45, 2.75) is 49.9 Å². The van der Waals surface area contributed by atoms with Crippen LogP contribution in [0.1, 0.15) is 58.8 Å². The number of anilines is 1. The van der Waals surface area contributed by atoms with E-state index in [1.165, 1.54) is 42.1 Å². The molecule has 0 radical (unpaired) electrons. The average Bonchev–Trinajstić information content (AvgIpc) is 3.75. The van der Waals surface area contributed by atoms with Crippen molar-refractivity contribution in [2.75, 3.05) is 11.0 Å². The average molecular weight is 951 g/mol. The number of sulfonamides is 1. The second-order valence-corrected chi connectivity index (χ2v) is 17.7. The van der Waals surface area contributed by atoms with Crippen molar-refractivity contribution in [1.82, 2.24) is 44.4 Å². The Hall–Kier alpha value is -6.56. The molecule has 0 spiro atoms. The molecule has 9 rings (SSSR count). The van der Waals surface area contributed by atoms with Crippen molar-refractivity contribution in [1.29, 1.82) is 0 Å². The highest BCUT2D eigenvalue weighted by molar-refractivity contribution is 7.92. The number of hydrogen-bond donors (Lipinski definition) is 2. The first-order valence-electron chi connectivity index (χ1n) is 19.1. The minimum absolute atomic E-state index is 0.000240. The van der Waals surface area contributed by atoms with Crippen LogP contribution in [0.4, 0.5) is 45.3 Å². The number of alkyl halides is 7.